The molecule has 0 unspecified atom stereocenters. The Labute approximate surface area is 183 Å². The second-order valence-corrected chi connectivity index (χ2v) is 7.86. The van der Waals surface area contributed by atoms with Gasteiger partial charge in [0.25, 0.3) is 5.91 Å². The molecule has 0 bridgehead atoms. The Morgan fingerprint density at radius 1 is 0.935 bits per heavy atom. The molecule has 0 radical (unpaired) electrons. The molecule has 0 heterocycles. The Balaban J connectivity index is 1.62. The number of nitrogens with one attached hydrogen (secondary N) is 1. The number of phenols is 1. The second-order valence-electron chi connectivity index (χ2n) is 7.86. The molecule has 0 aromatic heterocycles. The summed E-state index contributed by atoms with van der Waals surface area (Å²) in [6, 6.07) is 19.7. The molecule has 0 saturated heterocycles. The number of benzene rings is 3. The third-order valence-corrected chi connectivity index (χ3v) is 5.27. The lowest BCUT2D eigenvalue weighted by molar-refractivity contribution is 0.0979. The SMILES string of the molecule is Cc1ccc(NC(=O)c2cccc(N(C)C)c2)cc1CCCC(=O)c1ccc(O)cc1. The summed E-state index contributed by atoms with van der Waals surface area (Å²) in [6.45, 7) is 2.03. The van der Waals surface area contributed by atoms with Crippen molar-refractivity contribution in [2.45, 2.75) is 26.2 Å². The quantitative estimate of drug-likeness (QED) is 0.494. The third-order valence-electron chi connectivity index (χ3n) is 5.27. The van der Waals surface area contributed by atoms with Crippen molar-refractivity contribution < 1.29 is 14.7 Å². The number of carbonyl (C=O) groups is 2. The van der Waals surface area contributed by atoms with Crippen molar-refractivity contribution in [1.29, 1.82) is 0 Å². The lowest BCUT2D eigenvalue weighted by Gasteiger charge is -2.14. The molecule has 160 valence electrons. The van der Waals surface area contributed by atoms with Gasteiger partial charge in [0.15, 0.2) is 5.78 Å². The predicted molar refractivity (Wildman–Crippen MR) is 125 cm³/mol. The molecule has 0 fully saturated rings. The zero-order chi connectivity index (χ0) is 22.4. The molecule has 3 rings (SSSR count). The Kier molecular flexibility index (Phi) is 7.08. The van der Waals surface area contributed by atoms with E-state index in [1.807, 2.05) is 62.3 Å². The highest BCUT2D eigenvalue weighted by atomic mass is 16.3. The largest absolute Gasteiger partial charge is 0.508 e. The van der Waals surface area contributed by atoms with Gasteiger partial charge in [-0.3, -0.25) is 9.59 Å². The van der Waals surface area contributed by atoms with E-state index in [1.54, 1.807) is 18.2 Å². The number of amides is 1. The van der Waals surface area contributed by atoms with Crippen LogP contribution in [0.5, 0.6) is 5.75 Å². The number of rotatable bonds is 8. The first-order valence-electron chi connectivity index (χ1n) is 10.3. The molecule has 5 heteroatoms. The maximum Gasteiger partial charge on any atom is 0.255 e. The Hall–Kier alpha value is -3.60. The number of anilines is 2. The van der Waals surface area contributed by atoms with Crippen LogP contribution < -0.4 is 10.2 Å². The summed E-state index contributed by atoms with van der Waals surface area (Å²) < 4.78 is 0. The summed E-state index contributed by atoms with van der Waals surface area (Å²) in [7, 11) is 3.88. The molecule has 0 aliphatic heterocycles. The number of hydrogen-bond donors (Lipinski definition) is 2. The Morgan fingerprint density at radius 3 is 2.39 bits per heavy atom. The van der Waals surface area contributed by atoms with E-state index < -0.39 is 0 Å². The number of ketones is 1. The average Bonchev–Trinajstić information content (AvgIpc) is 2.76. The minimum atomic E-state index is -0.152. The van der Waals surface area contributed by atoms with E-state index in [2.05, 4.69) is 5.32 Å². The van der Waals surface area contributed by atoms with Gasteiger partial charge in [0.2, 0.25) is 0 Å². The van der Waals surface area contributed by atoms with E-state index in [-0.39, 0.29) is 17.4 Å². The minimum Gasteiger partial charge on any atom is -0.508 e. The second kappa shape index (κ2) is 9.94. The minimum absolute atomic E-state index is 0.0582. The van der Waals surface area contributed by atoms with Crippen LogP contribution in [-0.4, -0.2) is 30.9 Å². The first-order valence-corrected chi connectivity index (χ1v) is 10.3. The van der Waals surface area contributed by atoms with Gasteiger partial charge < -0.3 is 15.3 Å². The number of aryl methyl sites for hydroxylation is 2. The monoisotopic (exact) mass is 416 g/mol. The number of Topliss-reactive ketones (excluding diaryl/α,β-unsaturated/α-hetero) is 1. The molecular weight excluding hydrogens is 388 g/mol. The van der Waals surface area contributed by atoms with Crippen LogP contribution in [0.25, 0.3) is 0 Å². The van der Waals surface area contributed by atoms with Crippen LogP contribution >= 0.6 is 0 Å². The lowest BCUT2D eigenvalue weighted by Crippen LogP contribution is -2.14. The van der Waals surface area contributed by atoms with Crippen molar-refractivity contribution in [2.24, 2.45) is 0 Å². The number of carbonyl (C=O) groups excluding carboxylic acids is 2. The first kappa shape index (κ1) is 22.1. The van der Waals surface area contributed by atoms with E-state index >= 15 is 0 Å². The van der Waals surface area contributed by atoms with Crippen LogP contribution in [0.1, 0.15) is 44.7 Å². The van der Waals surface area contributed by atoms with Crippen molar-refractivity contribution in [3.8, 4) is 5.75 Å². The molecule has 0 aliphatic rings. The molecule has 5 nitrogen and oxygen atoms in total. The summed E-state index contributed by atoms with van der Waals surface area (Å²) >= 11 is 0. The highest BCUT2D eigenvalue weighted by Crippen LogP contribution is 2.20. The highest BCUT2D eigenvalue weighted by molar-refractivity contribution is 6.04. The molecule has 3 aromatic rings. The van der Waals surface area contributed by atoms with Crippen molar-refractivity contribution in [3.05, 3.63) is 89.0 Å². The summed E-state index contributed by atoms with van der Waals surface area (Å²) in [5.41, 5.74) is 5.16. The predicted octanol–water partition coefficient (Wildman–Crippen LogP) is 5.22. The molecule has 3 aromatic carbocycles. The lowest BCUT2D eigenvalue weighted by atomic mass is 9.99. The normalized spacial score (nSPS) is 10.5. The number of hydrogen-bond acceptors (Lipinski definition) is 4. The van der Waals surface area contributed by atoms with Gasteiger partial charge in [0.1, 0.15) is 5.75 Å². The molecule has 2 N–H and O–H groups in total. The zero-order valence-electron chi connectivity index (χ0n) is 18.2. The number of nitrogens with zero attached hydrogens (tertiary/aromatic N) is 1. The number of phenolic OH excluding ortho intramolecular Hbond substituents is 1. The van der Waals surface area contributed by atoms with Crippen LogP contribution in [0.3, 0.4) is 0 Å². The number of aromatic hydroxyl groups is 1. The standard InChI is InChI=1S/C26H28N2O3/c1-18-10-13-22(27-26(31)21-7-4-8-23(17-21)28(2)3)16-20(18)6-5-9-25(30)19-11-14-24(29)15-12-19/h4,7-8,10-17,29H,5-6,9H2,1-3H3,(H,27,31). The smallest absolute Gasteiger partial charge is 0.255 e. The van der Waals surface area contributed by atoms with Crippen molar-refractivity contribution in [3.63, 3.8) is 0 Å². The first-order chi connectivity index (χ1) is 14.8. The van der Waals surface area contributed by atoms with E-state index in [1.165, 1.54) is 12.1 Å². The summed E-state index contributed by atoms with van der Waals surface area (Å²) in [5.74, 6) is 0.0587. The maximum atomic E-state index is 12.7. The van der Waals surface area contributed by atoms with E-state index in [4.69, 9.17) is 0 Å². The van der Waals surface area contributed by atoms with Crippen molar-refractivity contribution in [2.75, 3.05) is 24.3 Å². The molecule has 31 heavy (non-hydrogen) atoms. The van der Waals surface area contributed by atoms with Gasteiger partial charge in [-0.05, 0) is 85.5 Å². The van der Waals surface area contributed by atoms with Gasteiger partial charge in [-0.2, -0.15) is 0 Å². The van der Waals surface area contributed by atoms with E-state index in [0.717, 1.165) is 28.9 Å². The molecular formula is C26H28N2O3. The van der Waals surface area contributed by atoms with Gasteiger partial charge in [0.05, 0.1) is 0 Å². The average molecular weight is 417 g/mol. The molecule has 0 aliphatic carbocycles. The molecule has 0 saturated carbocycles. The van der Waals surface area contributed by atoms with E-state index in [0.29, 0.717) is 24.0 Å². The van der Waals surface area contributed by atoms with Gasteiger partial charge in [-0.1, -0.05) is 12.1 Å². The zero-order valence-corrected chi connectivity index (χ0v) is 18.2. The van der Waals surface area contributed by atoms with Crippen LogP contribution in [-0.2, 0) is 6.42 Å². The Bertz CT molecular complexity index is 1070. The fourth-order valence-electron chi connectivity index (χ4n) is 3.38. The highest BCUT2D eigenvalue weighted by Gasteiger charge is 2.10. The molecule has 1 amide bonds. The van der Waals surface area contributed by atoms with Gasteiger partial charge in [-0.25, -0.2) is 0 Å². The van der Waals surface area contributed by atoms with Gasteiger partial charge in [-0.15, -0.1) is 0 Å². The van der Waals surface area contributed by atoms with Gasteiger partial charge in [0, 0.05) is 43.0 Å². The van der Waals surface area contributed by atoms with Crippen molar-refractivity contribution in [1.82, 2.24) is 0 Å². The maximum absolute atomic E-state index is 12.7. The van der Waals surface area contributed by atoms with E-state index in [9.17, 15) is 14.7 Å². The van der Waals surface area contributed by atoms with Crippen LogP contribution in [0.4, 0.5) is 11.4 Å². The third kappa shape index (κ3) is 5.95. The molecule has 0 atom stereocenters. The van der Waals surface area contributed by atoms with Crippen LogP contribution in [0, 0.1) is 6.92 Å². The summed E-state index contributed by atoms with van der Waals surface area (Å²) in [5, 5.41) is 12.3. The fraction of sp³-hybridized carbons (Fsp3) is 0.231. The summed E-state index contributed by atoms with van der Waals surface area (Å²) in [6.07, 6.45) is 1.89. The topological polar surface area (TPSA) is 69.6 Å². The van der Waals surface area contributed by atoms with Crippen LogP contribution in [0.15, 0.2) is 66.7 Å². The summed E-state index contributed by atoms with van der Waals surface area (Å²) in [4.78, 5) is 27.0. The molecule has 0 spiro atoms. The van der Waals surface area contributed by atoms with Crippen molar-refractivity contribution >= 4 is 23.1 Å². The van der Waals surface area contributed by atoms with Gasteiger partial charge >= 0.3 is 0 Å². The van der Waals surface area contributed by atoms with Crippen LogP contribution in [0.2, 0.25) is 0 Å². The fourth-order valence-corrected chi connectivity index (χ4v) is 3.38. The Morgan fingerprint density at radius 2 is 1.68 bits per heavy atom.